The number of benzene rings is 2. The highest BCUT2D eigenvalue weighted by Crippen LogP contribution is 2.36. The number of hydrogen-bond acceptors (Lipinski definition) is 2. The van der Waals surface area contributed by atoms with Crippen LogP contribution in [0, 0.1) is 6.92 Å². The van der Waals surface area contributed by atoms with Crippen molar-refractivity contribution in [3.63, 3.8) is 0 Å². The number of rotatable bonds is 2. The summed E-state index contributed by atoms with van der Waals surface area (Å²) < 4.78 is 5.70. The number of anilines is 1. The van der Waals surface area contributed by atoms with Gasteiger partial charge in [0.15, 0.2) is 5.75 Å². The van der Waals surface area contributed by atoms with Crippen molar-refractivity contribution in [3.05, 3.63) is 51.0 Å². The van der Waals surface area contributed by atoms with Crippen LogP contribution in [-0.2, 0) is 0 Å². The highest BCUT2D eigenvalue weighted by atomic mass is 35.5. The van der Waals surface area contributed by atoms with Crippen LogP contribution in [0.15, 0.2) is 30.3 Å². The summed E-state index contributed by atoms with van der Waals surface area (Å²) in [4.78, 5) is 0. The monoisotopic (exact) mass is 301 g/mol. The number of nitrogen functional groups attached to an aromatic ring is 1. The molecule has 0 aliphatic heterocycles. The first-order chi connectivity index (χ1) is 8.47. The average Bonchev–Trinajstić information content (AvgIpc) is 2.30. The Hall–Kier alpha value is -1.09. The summed E-state index contributed by atoms with van der Waals surface area (Å²) in [5, 5.41) is 1.37. The third kappa shape index (κ3) is 2.83. The molecule has 0 amide bonds. The summed E-state index contributed by atoms with van der Waals surface area (Å²) in [5.41, 5.74) is 7.19. The molecule has 2 aromatic rings. The van der Waals surface area contributed by atoms with E-state index in [4.69, 9.17) is 45.3 Å². The molecule has 2 nitrogen and oxygen atoms in total. The van der Waals surface area contributed by atoms with Crippen molar-refractivity contribution in [3.8, 4) is 11.5 Å². The average molecular weight is 303 g/mol. The lowest BCUT2D eigenvalue weighted by molar-refractivity contribution is 0.481. The van der Waals surface area contributed by atoms with Crippen molar-refractivity contribution in [2.24, 2.45) is 0 Å². The first kappa shape index (κ1) is 13.3. The molecule has 0 unspecified atom stereocenters. The Labute approximate surface area is 120 Å². The van der Waals surface area contributed by atoms with Gasteiger partial charge < -0.3 is 10.5 Å². The lowest BCUT2D eigenvalue weighted by atomic mass is 10.2. The quantitative estimate of drug-likeness (QED) is 0.761. The van der Waals surface area contributed by atoms with Crippen LogP contribution in [0.4, 0.5) is 5.69 Å². The van der Waals surface area contributed by atoms with Gasteiger partial charge in [0, 0.05) is 11.1 Å². The molecule has 2 aromatic carbocycles. The molecule has 0 spiro atoms. The molecule has 0 saturated carbocycles. The summed E-state index contributed by atoms with van der Waals surface area (Å²) in [6.07, 6.45) is 0. The zero-order valence-electron chi connectivity index (χ0n) is 9.51. The van der Waals surface area contributed by atoms with Crippen LogP contribution < -0.4 is 10.5 Å². The molecule has 0 bridgehead atoms. The van der Waals surface area contributed by atoms with Gasteiger partial charge in [-0.25, -0.2) is 0 Å². The lowest BCUT2D eigenvalue weighted by Gasteiger charge is -2.12. The van der Waals surface area contributed by atoms with Gasteiger partial charge in [0.25, 0.3) is 0 Å². The number of ether oxygens (including phenoxy) is 1. The van der Waals surface area contributed by atoms with Crippen LogP contribution in [0.5, 0.6) is 11.5 Å². The van der Waals surface area contributed by atoms with E-state index >= 15 is 0 Å². The molecular weight excluding hydrogens is 293 g/mol. The molecule has 0 heterocycles. The van der Waals surface area contributed by atoms with E-state index in [-0.39, 0.29) is 0 Å². The minimum absolute atomic E-state index is 0.389. The van der Waals surface area contributed by atoms with Crippen LogP contribution in [-0.4, -0.2) is 0 Å². The molecule has 0 atom stereocenters. The highest BCUT2D eigenvalue weighted by molar-refractivity contribution is 6.42. The molecule has 5 heteroatoms. The Morgan fingerprint density at radius 3 is 2.33 bits per heavy atom. The van der Waals surface area contributed by atoms with Crippen LogP contribution in [0.2, 0.25) is 15.1 Å². The zero-order valence-corrected chi connectivity index (χ0v) is 11.8. The third-order valence-corrected chi connectivity index (χ3v) is 3.38. The molecule has 0 aliphatic carbocycles. The molecule has 2 rings (SSSR count). The van der Waals surface area contributed by atoms with Gasteiger partial charge in [-0.2, -0.15) is 0 Å². The standard InChI is InChI=1S/C13H10Cl3NO/c1-7-2-3-8(14)4-12(7)18-13-6-10(16)9(15)5-11(13)17/h2-6H,17H2,1H3. The maximum Gasteiger partial charge on any atom is 0.151 e. The molecule has 2 N–H and O–H groups in total. The maximum atomic E-state index is 5.93. The van der Waals surface area contributed by atoms with Crippen molar-refractivity contribution in [1.82, 2.24) is 0 Å². The van der Waals surface area contributed by atoms with E-state index < -0.39 is 0 Å². The second kappa shape index (κ2) is 5.27. The fraction of sp³-hybridized carbons (Fsp3) is 0.0769. The first-order valence-electron chi connectivity index (χ1n) is 5.16. The number of aryl methyl sites for hydroxylation is 1. The molecule has 0 saturated heterocycles. The second-order valence-corrected chi connectivity index (χ2v) is 5.07. The summed E-state index contributed by atoms with van der Waals surface area (Å²) >= 11 is 17.7. The molecule has 0 radical (unpaired) electrons. The smallest absolute Gasteiger partial charge is 0.151 e. The van der Waals surface area contributed by atoms with Gasteiger partial charge in [0.2, 0.25) is 0 Å². The summed E-state index contributed by atoms with van der Waals surface area (Å²) in [7, 11) is 0. The SMILES string of the molecule is Cc1ccc(Cl)cc1Oc1cc(Cl)c(Cl)cc1N. The minimum Gasteiger partial charge on any atom is -0.455 e. The van der Waals surface area contributed by atoms with E-state index in [1.165, 1.54) is 0 Å². The van der Waals surface area contributed by atoms with Crippen molar-refractivity contribution >= 4 is 40.5 Å². The predicted molar refractivity (Wildman–Crippen MR) is 77.1 cm³/mol. The van der Waals surface area contributed by atoms with Gasteiger partial charge in [-0.3, -0.25) is 0 Å². The largest absolute Gasteiger partial charge is 0.455 e. The summed E-state index contributed by atoms with van der Waals surface area (Å²) in [6, 6.07) is 8.52. The van der Waals surface area contributed by atoms with E-state index in [1.54, 1.807) is 24.3 Å². The van der Waals surface area contributed by atoms with Gasteiger partial charge >= 0.3 is 0 Å². The van der Waals surface area contributed by atoms with E-state index in [2.05, 4.69) is 0 Å². The molecule has 18 heavy (non-hydrogen) atoms. The topological polar surface area (TPSA) is 35.2 Å². The zero-order chi connectivity index (χ0) is 13.3. The Morgan fingerprint density at radius 2 is 1.61 bits per heavy atom. The van der Waals surface area contributed by atoms with Gasteiger partial charge in [0.05, 0.1) is 15.7 Å². The van der Waals surface area contributed by atoms with Crippen LogP contribution in [0.25, 0.3) is 0 Å². The van der Waals surface area contributed by atoms with Gasteiger partial charge in [-0.05, 0) is 30.7 Å². The number of nitrogens with two attached hydrogens (primary N) is 1. The van der Waals surface area contributed by atoms with E-state index in [9.17, 15) is 0 Å². The summed E-state index contributed by atoms with van der Waals surface area (Å²) in [5.74, 6) is 1.09. The third-order valence-electron chi connectivity index (χ3n) is 2.42. The normalized spacial score (nSPS) is 10.4. The van der Waals surface area contributed by atoms with Crippen molar-refractivity contribution in [2.45, 2.75) is 6.92 Å². The molecule has 0 fully saturated rings. The van der Waals surface area contributed by atoms with Gasteiger partial charge in [-0.1, -0.05) is 40.9 Å². The van der Waals surface area contributed by atoms with Crippen LogP contribution in [0.3, 0.4) is 0 Å². The Morgan fingerprint density at radius 1 is 0.944 bits per heavy atom. The van der Waals surface area contributed by atoms with Crippen LogP contribution in [0.1, 0.15) is 5.56 Å². The molecular formula is C13H10Cl3NO. The molecule has 94 valence electrons. The van der Waals surface area contributed by atoms with Crippen molar-refractivity contribution in [2.75, 3.05) is 5.73 Å². The predicted octanol–water partition coefficient (Wildman–Crippen LogP) is 5.33. The lowest BCUT2D eigenvalue weighted by Crippen LogP contribution is -1.94. The Bertz CT molecular complexity index is 599. The number of halogens is 3. The first-order valence-corrected chi connectivity index (χ1v) is 6.29. The Balaban J connectivity index is 2.40. The van der Waals surface area contributed by atoms with Crippen molar-refractivity contribution in [1.29, 1.82) is 0 Å². The van der Waals surface area contributed by atoms with Gasteiger partial charge in [-0.15, -0.1) is 0 Å². The van der Waals surface area contributed by atoms with E-state index in [0.29, 0.717) is 32.3 Å². The fourth-order valence-electron chi connectivity index (χ4n) is 1.43. The minimum atomic E-state index is 0.389. The Kier molecular flexibility index (Phi) is 3.91. The molecule has 0 aromatic heterocycles. The molecule has 0 aliphatic rings. The number of hydrogen-bond donors (Lipinski definition) is 1. The fourth-order valence-corrected chi connectivity index (χ4v) is 1.92. The van der Waals surface area contributed by atoms with Gasteiger partial charge in [0.1, 0.15) is 5.75 Å². The van der Waals surface area contributed by atoms with E-state index in [1.807, 2.05) is 13.0 Å². The summed E-state index contributed by atoms with van der Waals surface area (Å²) in [6.45, 7) is 1.92. The van der Waals surface area contributed by atoms with E-state index in [0.717, 1.165) is 5.56 Å². The maximum absolute atomic E-state index is 5.93. The second-order valence-electron chi connectivity index (χ2n) is 3.82. The van der Waals surface area contributed by atoms with Crippen molar-refractivity contribution < 1.29 is 4.74 Å². The van der Waals surface area contributed by atoms with Crippen LogP contribution >= 0.6 is 34.8 Å². The highest BCUT2D eigenvalue weighted by Gasteiger charge is 2.09.